The number of esters is 1. The maximum Gasteiger partial charge on any atom is 0.338 e. The van der Waals surface area contributed by atoms with Gasteiger partial charge in [-0.05, 0) is 37.5 Å². The summed E-state index contributed by atoms with van der Waals surface area (Å²) < 4.78 is 5.11. The first-order valence-corrected chi connectivity index (χ1v) is 7.93. The van der Waals surface area contributed by atoms with Crippen molar-refractivity contribution in [2.75, 3.05) is 11.5 Å². The number of amides is 2. The minimum absolute atomic E-state index is 0.177. The van der Waals surface area contributed by atoms with Crippen molar-refractivity contribution in [2.45, 2.75) is 26.2 Å². The Hall–Kier alpha value is -2.43. The monoisotopic (exact) mass is 313 g/mol. The molecule has 0 bridgehead atoms. The fraction of sp³-hybridized carbons (Fsp3) is 0.389. The molecule has 120 valence electrons. The van der Waals surface area contributed by atoms with Crippen LogP contribution in [0.3, 0.4) is 0 Å². The van der Waals surface area contributed by atoms with Gasteiger partial charge < -0.3 is 4.74 Å². The fourth-order valence-corrected chi connectivity index (χ4v) is 3.10. The zero-order valence-electron chi connectivity index (χ0n) is 13.0. The highest BCUT2D eigenvalue weighted by atomic mass is 16.5. The number of allylic oxidation sites excluding steroid dienone is 2. The Balaban J connectivity index is 1.86. The second-order valence-corrected chi connectivity index (χ2v) is 5.85. The number of benzene rings is 1. The van der Waals surface area contributed by atoms with Gasteiger partial charge in [0.15, 0.2) is 0 Å². The van der Waals surface area contributed by atoms with Crippen molar-refractivity contribution in [1.82, 2.24) is 0 Å². The lowest BCUT2D eigenvalue weighted by molar-refractivity contribution is -0.122. The fourth-order valence-electron chi connectivity index (χ4n) is 3.10. The topological polar surface area (TPSA) is 63.7 Å². The number of carbonyl (C=O) groups excluding carboxylic acids is 3. The van der Waals surface area contributed by atoms with Gasteiger partial charge in [-0.3, -0.25) is 14.5 Å². The lowest BCUT2D eigenvalue weighted by Gasteiger charge is -2.15. The molecular formula is C18H19NO4. The first kappa shape index (κ1) is 15.5. The molecule has 1 aliphatic carbocycles. The van der Waals surface area contributed by atoms with Gasteiger partial charge >= 0.3 is 5.97 Å². The smallest absolute Gasteiger partial charge is 0.338 e. The van der Waals surface area contributed by atoms with Gasteiger partial charge in [0.1, 0.15) is 0 Å². The number of hydrogen-bond acceptors (Lipinski definition) is 4. The zero-order chi connectivity index (χ0) is 16.4. The lowest BCUT2D eigenvalue weighted by Crippen LogP contribution is -2.31. The molecular weight excluding hydrogens is 294 g/mol. The molecule has 1 aliphatic heterocycles. The lowest BCUT2D eigenvalue weighted by atomic mass is 9.85. The molecule has 0 spiro atoms. The third-order valence-electron chi connectivity index (χ3n) is 4.28. The molecule has 1 heterocycles. The first-order valence-electron chi connectivity index (χ1n) is 7.93. The molecule has 1 saturated heterocycles. The van der Waals surface area contributed by atoms with Crippen molar-refractivity contribution in [1.29, 1.82) is 0 Å². The van der Waals surface area contributed by atoms with E-state index in [9.17, 15) is 14.4 Å². The molecule has 5 heteroatoms. The summed E-state index contributed by atoms with van der Waals surface area (Å²) >= 11 is 0. The molecule has 1 aromatic rings. The summed E-state index contributed by atoms with van der Waals surface area (Å²) in [7, 11) is 0. The Morgan fingerprint density at radius 1 is 1.17 bits per heavy atom. The highest BCUT2D eigenvalue weighted by molar-refractivity contribution is 6.22. The zero-order valence-corrected chi connectivity index (χ0v) is 13.0. The predicted octanol–water partition coefficient (Wildman–Crippen LogP) is 2.71. The minimum atomic E-state index is -0.438. The number of hydrogen-bond donors (Lipinski definition) is 0. The van der Waals surface area contributed by atoms with Crippen molar-refractivity contribution in [2.24, 2.45) is 11.8 Å². The van der Waals surface area contributed by atoms with E-state index in [4.69, 9.17) is 4.74 Å². The van der Waals surface area contributed by atoms with Crippen LogP contribution < -0.4 is 4.90 Å². The Morgan fingerprint density at radius 2 is 1.83 bits per heavy atom. The molecule has 0 unspecified atom stereocenters. The van der Waals surface area contributed by atoms with E-state index in [0.717, 1.165) is 6.42 Å². The number of rotatable bonds is 4. The summed E-state index contributed by atoms with van der Waals surface area (Å²) in [4.78, 5) is 38.3. The third kappa shape index (κ3) is 2.79. The van der Waals surface area contributed by atoms with Crippen molar-refractivity contribution in [3.05, 3.63) is 42.0 Å². The van der Waals surface area contributed by atoms with E-state index >= 15 is 0 Å². The van der Waals surface area contributed by atoms with Crippen LogP contribution >= 0.6 is 0 Å². The van der Waals surface area contributed by atoms with Crippen LogP contribution in [0.2, 0.25) is 0 Å². The minimum Gasteiger partial charge on any atom is -0.462 e. The average Bonchev–Trinajstić information content (AvgIpc) is 2.84. The maximum atomic E-state index is 12.6. The van der Waals surface area contributed by atoms with E-state index < -0.39 is 5.97 Å². The first-order chi connectivity index (χ1) is 11.1. The standard InChI is InChI=1S/C18H19NO4/c1-2-10-23-18(22)12-6-5-7-13(11-12)19-16(20)14-8-3-4-9-15(14)17(19)21/h3-7,11,14-15H,2,8-10H2,1H3/t14-,15-/m1/s1. The molecule has 0 aromatic heterocycles. The Bertz CT molecular complexity index is 653. The normalized spacial score (nSPS) is 23.1. The van der Waals surface area contributed by atoms with Crippen LogP contribution in [0.25, 0.3) is 0 Å². The average molecular weight is 313 g/mol. The van der Waals surface area contributed by atoms with Gasteiger partial charge in [0.05, 0.1) is 29.7 Å². The van der Waals surface area contributed by atoms with Crippen molar-refractivity contribution < 1.29 is 19.1 Å². The molecule has 0 saturated carbocycles. The van der Waals surface area contributed by atoms with E-state index in [-0.39, 0.29) is 23.7 Å². The number of ether oxygens (including phenoxy) is 1. The van der Waals surface area contributed by atoms with Crippen LogP contribution in [0.5, 0.6) is 0 Å². The van der Waals surface area contributed by atoms with E-state index in [1.54, 1.807) is 24.3 Å². The molecule has 0 radical (unpaired) electrons. The van der Waals surface area contributed by atoms with Gasteiger partial charge in [-0.15, -0.1) is 0 Å². The van der Waals surface area contributed by atoms with Gasteiger partial charge in [0.2, 0.25) is 11.8 Å². The summed E-state index contributed by atoms with van der Waals surface area (Å²) in [5, 5.41) is 0. The van der Waals surface area contributed by atoms with E-state index in [2.05, 4.69) is 0 Å². The largest absolute Gasteiger partial charge is 0.462 e. The van der Waals surface area contributed by atoms with E-state index in [1.807, 2.05) is 19.1 Å². The van der Waals surface area contributed by atoms with E-state index in [1.165, 1.54) is 4.90 Å². The molecule has 5 nitrogen and oxygen atoms in total. The van der Waals surface area contributed by atoms with Crippen LogP contribution in [0.4, 0.5) is 5.69 Å². The second kappa shape index (κ2) is 6.36. The highest BCUT2D eigenvalue weighted by Gasteiger charge is 2.47. The van der Waals surface area contributed by atoms with Crippen LogP contribution in [0.15, 0.2) is 36.4 Å². The summed E-state index contributed by atoms with van der Waals surface area (Å²) in [5.41, 5.74) is 0.796. The molecule has 2 amide bonds. The van der Waals surface area contributed by atoms with Gasteiger partial charge in [0.25, 0.3) is 0 Å². The van der Waals surface area contributed by atoms with Crippen LogP contribution in [-0.4, -0.2) is 24.4 Å². The molecule has 1 aromatic carbocycles. The quantitative estimate of drug-likeness (QED) is 0.487. The van der Waals surface area contributed by atoms with Crippen LogP contribution in [-0.2, 0) is 14.3 Å². The Morgan fingerprint density at radius 3 is 2.43 bits per heavy atom. The van der Waals surface area contributed by atoms with Gasteiger partial charge in [-0.2, -0.15) is 0 Å². The van der Waals surface area contributed by atoms with Crippen LogP contribution in [0, 0.1) is 11.8 Å². The Labute approximate surface area is 134 Å². The maximum absolute atomic E-state index is 12.6. The molecule has 0 N–H and O–H groups in total. The second-order valence-electron chi connectivity index (χ2n) is 5.85. The van der Waals surface area contributed by atoms with Crippen LogP contribution in [0.1, 0.15) is 36.5 Å². The molecule has 3 rings (SSSR count). The summed E-state index contributed by atoms with van der Waals surface area (Å²) in [5.74, 6) is -1.34. The number of fused-ring (bicyclic) bond motifs is 1. The molecule has 2 atom stereocenters. The van der Waals surface area contributed by atoms with Gasteiger partial charge in [-0.25, -0.2) is 4.79 Å². The number of nitrogens with zero attached hydrogens (tertiary/aromatic N) is 1. The van der Waals surface area contributed by atoms with Gasteiger partial charge in [0, 0.05) is 0 Å². The summed E-state index contributed by atoms with van der Waals surface area (Å²) in [6, 6.07) is 6.52. The summed E-state index contributed by atoms with van der Waals surface area (Å²) in [6.07, 6.45) is 5.85. The SMILES string of the molecule is CCCOC(=O)c1cccc(N2C(=O)[C@@H]3CC=CC[C@H]3C2=O)c1. The third-order valence-corrected chi connectivity index (χ3v) is 4.28. The van der Waals surface area contributed by atoms with E-state index in [0.29, 0.717) is 30.7 Å². The van der Waals surface area contributed by atoms with Gasteiger partial charge in [-0.1, -0.05) is 25.1 Å². The number of imide groups is 1. The summed E-state index contributed by atoms with van der Waals surface area (Å²) in [6.45, 7) is 2.27. The van der Waals surface area contributed by atoms with Crippen molar-refractivity contribution in [3.8, 4) is 0 Å². The Kier molecular flexibility index (Phi) is 4.28. The molecule has 1 fully saturated rings. The van der Waals surface area contributed by atoms with Crippen molar-refractivity contribution >= 4 is 23.5 Å². The predicted molar refractivity (Wildman–Crippen MR) is 84.9 cm³/mol. The molecule has 23 heavy (non-hydrogen) atoms. The number of anilines is 1. The molecule has 2 aliphatic rings. The highest BCUT2D eigenvalue weighted by Crippen LogP contribution is 2.37. The number of carbonyl (C=O) groups is 3. The van der Waals surface area contributed by atoms with Crippen molar-refractivity contribution in [3.63, 3.8) is 0 Å².